The molecule has 0 aromatic heterocycles. The second-order valence-corrected chi connectivity index (χ2v) is 8.40. The molecule has 0 saturated heterocycles. The maximum absolute atomic E-state index is 14.6. The quantitative estimate of drug-likeness (QED) is 0.403. The fourth-order valence-corrected chi connectivity index (χ4v) is 4.09. The van der Waals surface area contributed by atoms with Crippen molar-refractivity contribution in [3.05, 3.63) is 95.3 Å². The summed E-state index contributed by atoms with van der Waals surface area (Å²) in [5.41, 5.74) is 2.17. The Bertz CT molecular complexity index is 1150. The Balaban J connectivity index is 1.89. The minimum absolute atomic E-state index is 0.00786. The third-order valence-electron chi connectivity index (χ3n) is 6.00. The average molecular weight is 493 g/mol. The molecule has 0 bridgehead atoms. The van der Waals surface area contributed by atoms with Gasteiger partial charge < -0.3 is 19.7 Å². The second kappa shape index (κ2) is 13.3. The topological polar surface area (TPSA) is 67.9 Å². The van der Waals surface area contributed by atoms with Gasteiger partial charge >= 0.3 is 0 Å². The molecule has 0 saturated carbocycles. The molecular weight excluding hydrogens is 459 g/mol. The number of carbonyl (C=O) groups excluding carboxylic acids is 2. The Morgan fingerprint density at radius 1 is 0.917 bits per heavy atom. The first-order valence-corrected chi connectivity index (χ1v) is 12.0. The molecule has 2 amide bonds. The number of nitrogens with zero attached hydrogens (tertiary/aromatic N) is 1. The molecule has 3 aromatic carbocycles. The van der Waals surface area contributed by atoms with E-state index in [1.54, 1.807) is 38.5 Å². The van der Waals surface area contributed by atoms with E-state index in [9.17, 15) is 14.0 Å². The molecule has 0 radical (unpaired) electrons. The number of amides is 2. The van der Waals surface area contributed by atoms with Gasteiger partial charge in [0.1, 0.15) is 11.9 Å². The molecule has 3 rings (SSSR count). The second-order valence-electron chi connectivity index (χ2n) is 8.40. The molecule has 190 valence electrons. The van der Waals surface area contributed by atoms with Gasteiger partial charge in [0.15, 0.2) is 11.5 Å². The smallest absolute Gasteiger partial charge is 0.243 e. The number of rotatable bonds is 12. The number of likely N-dealkylation sites (N-methyl/N-ethyl adjacent to an activating group) is 1. The first-order valence-electron chi connectivity index (χ1n) is 12.0. The first-order chi connectivity index (χ1) is 17.5. The predicted molar refractivity (Wildman–Crippen MR) is 137 cm³/mol. The summed E-state index contributed by atoms with van der Waals surface area (Å²) >= 11 is 0. The predicted octanol–water partition coefficient (Wildman–Crippen LogP) is 4.55. The van der Waals surface area contributed by atoms with Gasteiger partial charge in [0.05, 0.1) is 14.2 Å². The molecule has 0 heterocycles. The van der Waals surface area contributed by atoms with Gasteiger partial charge in [0.25, 0.3) is 0 Å². The summed E-state index contributed by atoms with van der Waals surface area (Å²) in [5, 5.41) is 2.85. The maximum Gasteiger partial charge on any atom is 0.243 e. The van der Waals surface area contributed by atoms with Crippen LogP contribution in [0.25, 0.3) is 0 Å². The van der Waals surface area contributed by atoms with Crippen LogP contribution in [0.3, 0.4) is 0 Å². The molecule has 3 aromatic rings. The zero-order valence-electron chi connectivity index (χ0n) is 21.0. The van der Waals surface area contributed by atoms with Crippen LogP contribution in [0.15, 0.2) is 72.8 Å². The van der Waals surface area contributed by atoms with Gasteiger partial charge in [-0.3, -0.25) is 9.59 Å². The highest BCUT2D eigenvalue weighted by Gasteiger charge is 2.30. The van der Waals surface area contributed by atoms with E-state index in [1.165, 1.54) is 11.0 Å². The fraction of sp³-hybridized carbons (Fsp3) is 0.310. The monoisotopic (exact) mass is 492 g/mol. The minimum Gasteiger partial charge on any atom is -0.493 e. The highest BCUT2D eigenvalue weighted by Crippen LogP contribution is 2.28. The van der Waals surface area contributed by atoms with Gasteiger partial charge in [-0.1, -0.05) is 54.6 Å². The van der Waals surface area contributed by atoms with Crippen LogP contribution in [0.4, 0.5) is 4.39 Å². The number of ether oxygens (including phenoxy) is 2. The Labute approximate surface area is 212 Å². The molecule has 0 unspecified atom stereocenters. The molecule has 0 fully saturated rings. The van der Waals surface area contributed by atoms with Crippen LogP contribution in [0.2, 0.25) is 0 Å². The fourth-order valence-electron chi connectivity index (χ4n) is 4.09. The lowest BCUT2D eigenvalue weighted by Crippen LogP contribution is -2.50. The molecule has 1 atom stereocenters. The normalized spacial score (nSPS) is 11.4. The van der Waals surface area contributed by atoms with Crippen LogP contribution in [-0.2, 0) is 29.0 Å². The number of benzene rings is 3. The lowest BCUT2D eigenvalue weighted by Gasteiger charge is -2.31. The van der Waals surface area contributed by atoms with Gasteiger partial charge in [-0.05, 0) is 42.7 Å². The van der Waals surface area contributed by atoms with Crippen molar-refractivity contribution in [2.45, 2.75) is 38.8 Å². The van der Waals surface area contributed by atoms with E-state index >= 15 is 0 Å². The standard InChI is InChI=1S/C29H33FN2O4/c1-4-31-29(34)25(18-21-10-6-5-7-11-21)32(20-23-12-8-9-13-24(23)30)28(33)17-15-22-14-16-26(35-2)27(19-22)36-3/h5-14,16,19,25H,4,15,17-18,20H2,1-3H3,(H,31,34)/t25-/m0/s1. The van der Waals surface area contributed by atoms with Crippen molar-refractivity contribution in [2.24, 2.45) is 0 Å². The highest BCUT2D eigenvalue weighted by atomic mass is 19.1. The molecule has 36 heavy (non-hydrogen) atoms. The van der Waals surface area contributed by atoms with E-state index in [4.69, 9.17) is 9.47 Å². The van der Waals surface area contributed by atoms with Crippen LogP contribution in [-0.4, -0.2) is 43.5 Å². The van der Waals surface area contributed by atoms with E-state index in [1.807, 2.05) is 49.4 Å². The summed E-state index contributed by atoms with van der Waals surface area (Å²) in [6.45, 7) is 2.25. The number of aryl methyl sites for hydroxylation is 1. The molecule has 1 N–H and O–H groups in total. The van der Waals surface area contributed by atoms with E-state index < -0.39 is 11.9 Å². The van der Waals surface area contributed by atoms with E-state index in [2.05, 4.69) is 5.32 Å². The first kappa shape index (κ1) is 26.7. The van der Waals surface area contributed by atoms with Gasteiger partial charge in [0, 0.05) is 31.5 Å². The summed E-state index contributed by atoms with van der Waals surface area (Å²) in [7, 11) is 3.12. The van der Waals surface area contributed by atoms with Crippen LogP contribution in [0.5, 0.6) is 11.5 Å². The number of methoxy groups -OCH3 is 2. The molecule has 6 nitrogen and oxygen atoms in total. The Kier molecular flexibility index (Phi) is 9.86. The minimum atomic E-state index is -0.787. The van der Waals surface area contributed by atoms with Crippen LogP contribution in [0.1, 0.15) is 30.0 Å². The van der Waals surface area contributed by atoms with Gasteiger partial charge in [-0.15, -0.1) is 0 Å². The summed E-state index contributed by atoms with van der Waals surface area (Å²) in [4.78, 5) is 28.3. The van der Waals surface area contributed by atoms with Crippen molar-refractivity contribution in [2.75, 3.05) is 20.8 Å². The lowest BCUT2D eigenvalue weighted by atomic mass is 10.0. The third-order valence-corrected chi connectivity index (χ3v) is 6.00. The maximum atomic E-state index is 14.6. The van der Waals surface area contributed by atoms with Crippen LogP contribution >= 0.6 is 0 Å². The molecular formula is C29H33FN2O4. The molecule has 7 heteroatoms. The summed E-state index contributed by atoms with van der Waals surface area (Å²) in [6, 6.07) is 20.6. The summed E-state index contributed by atoms with van der Waals surface area (Å²) in [5.74, 6) is 0.268. The SMILES string of the molecule is CCNC(=O)[C@H](Cc1ccccc1)N(Cc1ccccc1F)C(=O)CCc1ccc(OC)c(OC)c1. The number of hydrogen-bond acceptors (Lipinski definition) is 4. The van der Waals surface area contributed by atoms with Gasteiger partial charge in [-0.25, -0.2) is 4.39 Å². The van der Waals surface area contributed by atoms with Crippen LogP contribution in [0, 0.1) is 5.82 Å². The van der Waals surface area contributed by atoms with Crippen molar-refractivity contribution < 1.29 is 23.5 Å². The van der Waals surface area contributed by atoms with Crippen LogP contribution < -0.4 is 14.8 Å². The molecule has 0 spiro atoms. The molecule has 0 aliphatic carbocycles. The Hall–Kier alpha value is -3.87. The number of carbonyl (C=O) groups is 2. The number of halogens is 1. The Morgan fingerprint density at radius 3 is 2.28 bits per heavy atom. The third kappa shape index (κ3) is 7.07. The summed E-state index contributed by atoms with van der Waals surface area (Å²) < 4.78 is 25.3. The lowest BCUT2D eigenvalue weighted by molar-refractivity contribution is -0.141. The van der Waals surface area contributed by atoms with Gasteiger partial charge in [0.2, 0.25) is 11.8 Å². The van der Waals surface area contributed by atoms with Crippen molar-refractivity contribution in [3.8, 4) is 11.5 Å². The van der Waals surface area contributed by atoms with Gasteiger partial charge in [-0.2, -0.15) is 0 Å². The Morgan fingerprint density at radius 2 is 1.61 bits per heavy atom. The zero-order chi connectivity index (χ0) is 25.9. The average Bonchev–Trinajstić information content (AvgIpc) is 2.90. The van der Waals surface area contributed by atoms with Crippen molar-refractivity contribution >= 4 is 11.8 Å². The zero-order valence-corrected chi connectivity index (χ0v) is 21.0. The van der Waals surface area contributed by atoms with E-state index in [-0.39, 0.29) is 24.8 Å². The summed E-state index contributed by atoms with van der Waals surface area (Å²) in [6.07, 6.45) is 0.901. The van der Waals surface area contributed by atoms with Crippen molar-refractivity contribution in [1.29, 1.82) is 0 Å². The van der Waals surface area contributed by atoms with Crippen molar-refractivity contribution in [1.82, 2.24) is 10.2 Å². The molecule has 0 aliphatic rings. The number of hydrogen-bond donors (Lipinski definition) is 1. The van der Waals surface area contributed by atoms with E-state index in [0.29, 0.717) is 36.4 Å². The highest BCUT2D eigenvalue weighted by molar-refractivity contribution is 5.88. The van der Waals surface area contributed by atoms with E-state index in [0.717, 1.165) is 11.1 Å². The molecule has 0 aliphatic heterocycles. The largest absolute Gasteiger partial charge is 0.493 e. The number of nitrogens with one attached hydrogen (secondary N) is 1. The van der Waals surface area contributed by atoms with Crippen molar-refractivity contribution in [3.63, 3.8) is 0 Å².